The number of rotatable bonds is 2. The molecule has 0 spiro atoms. The molecule has 0 heterocycles. The molecule has 1 aliphatic carbocycles. The Morgan fingerprint density at radius 2 is 1.93 bits per heavy atom. The van der Waals surface area contributed by atoms with Crippen LogP contribution in [0.25, 0.3) is 0 Å². The van der Waals surface area contributed by atoms with E-state index in [-0.39, 0.29) is 17.7 Å². The van der Waals surface area contributed by atoms with E-state index < -0.39 is 0 Å². The summed E-state index contributed by atoms with van der Waals surface area (Å²) in [6, 6.07) is 9.73. The Kier molecular flexibility index (Phi) is 2.64. The van der Waals surface area contributed by atoms with Gasteiger partial charge in [-0.1, -0.05) is 30.3 Å². The third-order valence-electron chi connectivity index (χ3n) is 2.90. The lowest BCUT2D eigenvalue weighted by atomic mass is 9.96. The van der Waals surface area contributed by atoms with Crippen molar-refractivity contribution < 1.29 is 4.79 Å². The molecule has 0 aromatic heterocycles. The predicted molar refractivity (Wildman–Crippen MR) is 56.1 cm³/mol. The molecule has 0 radical (unpaired) electrons. The first-order chi connectivity index (χ1) is 6.77. The molecular formula is C12H15NO. The van der Waals surface area contributed by atoms with Gasteiger partial charge < -0.3 is 5.73 Å². The first kappa shape index (κ1) is 9.41. The summed E-state index contributed by atoms with van der Waals surface area (Å²) in [5, 5.41) is 0. The highest BCUT2D eigenvalue weighted by molar-refractivity contribution is 5.97. The third-order valence-corrected chi connectivity index (χ3v) is 2.90. The van der Waals surface area contributed by atoms with Crippen LogP contribution in [0.4, 0.5) is 0 Å². The molecule has 1 aromatic rings. The van der Waals surface area contributed by atoms with E-state index in [0.717, 1.165) is 24.8 Å². The highest BCUT2D eigenvalue weighted by atomic mass is 16.1. The molecule has 0 saturated heterocycles. The van der Waals surface area contributed by atoms with Crippen LogP contribution in [0.1, 0.15) is 29.6 Å². The Labute approximate surface area is 84.1 Å². The largest absolute Gasteiger partial charge is 0.328 e. The lowest BCUT2D eigenvalue weighted by molar-refractivity contribution is 0.0922. The van der Waals surface area contributed by atoms with Gasteiger partial charge in [-0.05, 0) is 19.3 Å². The average Bonchev–Trinajstić information content (AvgIpc) is 2.65. The molecule has 0 amide bonds. The van der Waals surface area contributed by atoms with Crippen molar-refractivity contribution >= 4 is 5.78 Å². The summed E-state index contributed by atoms with van der Waals surface area (Å²) in [5.74, 6) is 0.422. The predicted octanol–water partition coefficient (Wildman–Crippen LogP) is 2.00. The normalized spacial score (nSPS) is 26.4. The molecule has 1 aliphatic rings. The van der Waals surface area contributed by atoms with Crippen molar-refractivity contribution in [2.75, 3.05) is 0 Å². The fourth-order valence-electron chi connectivity index (χ4n) is 2.09. The maximum Gasteiger partial charge on any atom is 0.165 e. The van der Waals surface area contributed by atoms with Crippen LogP contribution in [0, 0.1) is 5.92 Å². The van der Waals surface area contributed by atoms with Crippen molar-refractivity contribution in [3.63, 3.8) is 0 Å². The van der Waals surface area contributed by atoms with Gasteiger partial charge in [0.2, 0.25) is 0 Å². The van der Waals surface area contributed by atoms with Gasteiger partial charge in [0.05, 0.1) is 0 Å². The average molecular weight is 189 g/mol. The molecule has 1 aromatic carbocycles. The van der Waals surface area contributed by atoms with E-state index in [1.807, 2.05) is 30.3 Å². The van der Waals surface area contributed by atoms with Crippen LogP contribution < -0.4 is 5.73 Å². The van der Waals surface area contributed by atoms with Crippen molar-refractivity contribution in [3.05, 3.63) is 35.9 Å². The van der Waals surface area contributed by atoms with Gasteiger partial charge in [-0.15, -0.1) is 0 Å². The van der Waals surface area contributed by atoms with Crippen molar-refractivity contribution in [2.24, 2.45) is 11.7 Å². The number of ketones is 1. The number of nitrogens with two attached hydrogens (primary N) is 1. The molecule has 2 atom stereocenters. The Bertz CT molecular complexity index is 320. The van der Waals surface area contributed by atoms with Crippen LogP contribution in [-0.2, 0) is 0 Å². The monoisotopic (exact) mass is 189 g/mol. The SMILES string of the molecule is NC1CCC(C(=O)c2ccccc2)C1. The number of carbonyl (C=O) groups excluding carboxylic acids is 1. The van der Waals surface area contributed by atoms with Crippen molar-refractivity contribution in [3.8, 4) is 0 Å². The molecule has 2 rings (SSSR count). The zero-order valence-electron chi connectivity index (χ0n) is 8.15. The van der Waals surface area contributed by atoms with E-state index in [2.05, 4.69) is 0 Å². The van der Waals surface area contributed by atoms with E-state index in [1.165, 1.54) is 0 Å². The van der Waals surface area contributed by atoms with Crippen LogP contribution in [0.2, 0.25) is 0 Å². The number of benzene rings is 1. The minimum Gasteiger partial charge on any atom is -0.328 e. The van der Waals surface area contributed by atoms with E-state index in [4.69, 9.17) is 5.73 Å². The fraction of sp³-hybridized carbons (Fsp3) is 0.417. The van der Waals surface area contributed by atoms with Gasteiger partial charge in [0, 0.05) is 17.5 Å². The van der Waals surface area contributed by atoms with E-state index in [0.29, 0.717) is 0 Å². The minimum atomic E-state index is 0.160. The zero-order valence-corrected chi connectivity index (χ0v) is 8.15. The molecular weight excluding hydrogens is 174 g/mol. The van der Waals surface area contributed by atoms with Gasteiger partial charge in [0.25, 0.3) is 0 Å². The van der Waals surface area contributed by atoms with Crippen LogP contribution in [0.15, 0.2) is 30.3 Å². The Hall–Kier alpha value is -1.15. The van der Waals surface area contributed by atoms with Crippen LogP contribution in [0.5, 0.6) is 0 Å². The summed E-state index contributed by atoms with van der Waals surface area (Å²) in [6.07, 6.45) is 2.80. The Balaban J connectivity index is 2.10. The zero-order chi connectivity index (χ0) is 9.97. The van der Waals surface area contributed by atoms with Gasteiger partial charge in [0.1, 0.15) is 0 Å². The third kappa shape index (κ3) is 1.85. The first-order valence-corrected chi connectivity index (χ1v) is 5.12. The number of Topliss-reactive ketones (excluding diaryl/α,β-unsaturated/α-hetero) is 1. The molecule has 14 heavy (non-hydrogen) atoms. The summed E-state index contributed by atoms with van der Waals surface area (Å²) < 4.78 is 0. The summed E-state index contributed by atoms with van der Waals surface area (Å²) in [5.41, 5.74) is 6.61. The second kappa shape index (κ2) is 3.93. The Morgan fingerprint density at radius 3 is 2.50 bits per heavy atom. The van der Waals surface area contributed by atoms with Crippen molar-refractivity contribution in [1.29, 1.82) is 0 Å². The quantitative estimate of drug-likeness (QED) is 0.723. The van der Waals surface area contributed by atoms with Gasteiger partial charge in [-0.25, -0.2) is 0 Å². The first-order valence-electron chi connectivity index (χ1n) is 5.12. The summed E-state index contributed by atoms with van der Waals surface area (Å²) in [7, 11) is 0. The number of hydrogen-bond acceptors (Lipinski definition) is 2. The van der Waals surface area contributed by atoms with E-state index >= 15 is 0 Å². The molecule has 74 valence electrons. The van der Waals surface area contributed by atoms with Gasteiger partial charge in [-0.2, -0.15) is 0 Å². The van der Waals surface area contributed by atoms with E-state index in [1.54, 1.807) is 0 Å². The van der Waals surface area contributed by atoms with Gasteiger partial charge >= 0.3 is 0 Å². The van der Waals surface area contributed by atoms with Gasteiger partial charge in [-0.3, -0.25) is 4.79 Å². The van der Waals surface area contributed by atoms with Crippen LogP contribution >= 0.6 is 0 Å². The highest BCUT2D eigenvalue weighted by Crippen LogP contribution is 2.27. The van der Waals surface area contributed by atoms with E-state index in [9.17, 15) is 4.79 Å². The molecule has 2 unspecified atom stereocenters. The van der Waals surface area contributed by atoms with Crippen molar-refractivity contribution in [2.45, 2.75) is 25.3 Å². The number of carbonyl (C=O) groups is 1. The lowest BCUT2D eigenvalue weighted by Gasteiger charge is -2.07. The Morgan fingerprint density at radius 1 is 1.21 bits per heavy atom. The standard InChI is InChI=1S/C12H15NO/c13-11-7-6-10(8-11)12(14)9-4-2-1-3-5-9/h1-5,10-11H,6-8,13H2. The fourth-order valence-corrected chi connectivity index (χ4v) is 2.09. The minimum absolute atomic E-state index is 0.160. The summed E-state index contributed by atoms with van der Waals surface area (Å²) >= 11 is 0. The maximum atomic E-state index is 11.9. The summed E-state index contributed by atoms with van der Waals surface area (Å²) in [4.78, 5) is 11.9. The topological polar surface area (TPSA) is 43.1 Å². The lowest BCUT2D eigenvalue weighted by Crippen LogP contribution is -2.18. The molecule has 2 N–H and O–H groups in total. The van der Waals surface area contributed by atoms with Crippen LogP contribution in [-0.4, -0.2) is 11.8 Å². The van der Waals surface area contributed by atoms with Crippen molar-refractivity contribution in [1.82, 2.24) is 0 Å². The molecule has 0 aliphatic heterocycles. The van der Waals surface area contributed by atoms with Gasteiger partial charge in [0.15, 0.2) is 5.78 Å². The summed E-state index contributed by atoms with van der Waals surface area (Å²) in [6.45, 7) is 0. The second-order valence-corrected chi connectivity index (χ2v) is 4.00. The second-order valence-electron chi connectivity index (χ2n) is 4.00. The smallest absolute Gasteiger partial charge is 0.165 e. The molecule has 2 heteroatoms. The molecule has 1 fully saturated rings. The van der Waals surface area contributed by atoms with Crippen LogP contribution in [0.3, 0.4) is 0 Å². The number of hydrogen-bond donors (Lipinski definition) is 1. The maximum absolute atomic E-state index is 11.9. The highest BCUT2D eigenvalue weighted by Gasteiger charge is 2.28. The molecule has 1 saturated carbocycles. The molecule has 0 bridgehead atoms. The molecule has 2 nitrogen and oxygen atoms in total.